The Morgan fingerprint density at radius 1 is 1.08 bits per heavy atom. The second kappa shape index (κ2) is 9.37. The molecule has 1 aliphatic carbocycles. The number of rotatable bonds is 5. The summed E-state index contributed by atoms with van der Waals surface area (Å²) in [4.78, 5) is 12.3. The highest BCUT2D eigenvalue weighted by Crippen LogP contribution is 2.40. The maximum Gasteiger partial charge on any atom is 0.338 e. The second-order valence-corrected chi connectivity index (χ2v) is 11.7. The molecule has 26 heavy (non-hydrogen) atoms. The van der Waals surface area contributed by atoms with Gasteiger partial charge >= 0.3 is 5.97 Å². The van der Waals surface area contributed by atoms with Gasteiger partial charge in [0.2, 0.25) is 0 Å². The first kappa shape index (κ1) is 19.2. The Hall–Kier alpha value is -1.60. The minimum atomic E-state index is -0.382. The van der Waals surface area contributed by atoms with Crippen LogP contribution in [-0.2, 0) is 4.74 Å². The molecule has 2 aliphatic rings. The Kier molecular flexibility index (Phi) is 6.91. The molecule has 1 aliphatic heterocycles. The van der Waals surface area contributed by atoms with Gasteiger partial charge in [0.05, 0.1) is 17.2 Å². The van der Waals surface area contributed by atoms with Crippen LogP contribution in [-0.4, -0.2) is 20.9 Å². The number of carbonyl (C=O) groups is 1. The molecule has 3 rings (SSSR count). The van der Waals surface area contributed by atoms with Gasteiger partial charge in [0.15, 0.2) is 0 Å². The molecule has 0 aromatic heterocycles. The van der Waals surface area contributed by atoms with E-state index in [0.717, 1.165) is 24.7 Å². The topological polar surface area (TPSA) is 50.1 Å². The lowest BCUT2D eigenvalue weighted by molar-refractivity contribution is 0.0127. The van der Waals surface area contributed by atoms with Crippen LogP contribution in [0.2, 0.25) is 18.1 Å². The zero-order valence-corrected chi connectivity index (χ0v) is 17.1. The molecular formula is C22H31NO2Si. The summed E-state index contributed by atoms with van der Waals surface area (Å²) in [7, 11) is -0.382. The summed E-state index contributed by atoms with van der Waals surface area (Å²) in [5.41, 5.74) is 1.11. The number of hydrogen-bond acceptors (Lipinski definition) is 3. The van der Waals surface area contributed by atoms with Crippen molar-refractivity contribution in [3.05, 3.63) is 35.4 Å². The summed E-state index contributed by atoms with van der Waals surface area (Å²) in [6.07, 6.45) is 8.86. The fraction of sp³-hybridized carbons (Fsp3) is 0.636. The molecule has 0 atom stereocenters. The summed E-state index contributed by atoms with van der Waals surface area (Å²) in [5, 5.41) is 8.84. The normalized spacial score (nSPS) is 28.9. The highest BCUT2D eigenvalue weighted by Gasteiger charge is 2.32. The molecule has 1 saturated carbocycles. The van der Waals surface area contributed by atoms with Crippen LogP contribution < -0.4 is 0 Å². The van der Waals surface area contributed by atoms with E-state index in [1.54, 1.807) is 42.4 Å². The first-order chi connectivity index (χ1) is 12.7. The molecule has 1 aromatic rings. The molecule has 0 amide bonds. The molecule has 0 radical (unpaired) electrons. The van der Waals surface area contributed by atoms with Crippen LogP contribution in [0, 0.1) is 23.2 Å². The molecule has 1 saturated heterocycles. The third-order valence-corrected chi connectivity index (χ3v) is 10.2. The van der Waals surface area contributed by atoms with Crippen LogP contribution in [0.3, 0.4) is 0 Å². The van der Waals surface area contributed by atoms with Crippen molar-refractivity contribution in [2.45, 2.75) is 76.1 Å². The van der Waals surface area contributed by atoms with Crippen LogP contribution in [0.15, 0.2) is 24.3 Å². The molecule has 140 valence electrons. The Morgan fingerprint density at radius 3 is 2.27 bits per heavy atom. The highest BCUT2D eigenvalue weighted by molar-refractivity contribution is 6.58. The van der Waals surface area contributed by atoms with E-state index >= 15 is 0 Å². The molecule has 3 nitrogen and oxygen atoms in total. The maximum absolute atomic E-state index is 12.3. The first-order valence-electron chi connectivity index (χ1n) is 10.4. The monoisotopic (exact) mass is 369 g/mol. The summed E-state index contributed by atoms with van der Waals surface area (Å²) in [5.74, 6) is 1.55. The van der Waals surface area contributed by atoms with E-state index in [1.807, 2.05) is 0 Å². The number of nitrogens with zero attached hydrogens (tertiary/aromatic N) is 1. The lowest BCUT2D eigenvalue weighted by Gasteiger charge is -2.37. The summed E-state index contributed by atoms with van der Waals surface area (Å²) in [6, 6.07) is 13.5. The highest BCUT2D eigenvalue weighted by atomic mass is 28.3. The second-order valence-electron chi connectivity index (χ2n) is 8.20. The summed E-state index contributed by atoms with van der Waals surface area (Å²) < 4.78 is 5.72. The van der Waals surface area contributed by atoms with Crippen molar-refractivity contribution in [1.29, 1.82) is 5.26 Å². The molecule has 1 heterocycles. The maximum atomic E-state index is 12.3. The van der Waals surface area contributed by atoms with Crippen molar-refractivity contribution >= 4 is 14.8 Å². The number of nitriles is 1. The van der Waals surface area contributed by atoms with E-state index < -0.39 is 0 Å². The lowest BCUT2D eigenvalue weighted by atomic mass is 9.76. The van der Waals surface area contributed by atoms with Crippen LogP contribution in [0.1, 0.15) is 67.8 Å². The van der Waals surface area contributed by atoms with Crippen molar-refractivity contribution < 1.29 is 9.53 Å². The Bertz CT molecular complexity index is 621. The van der Waals surface area contributed by atoms with Crippen LogP contribution in [0.25, 0.3) is 0 Å². The smallest absolute Gasteiger partial charge is 0.338 e. The third-order valence-electron chi connectivity index (χ3n) is 6.50. The summed E-state index contributed by atoms with van der Waals surface area (Å²) in [6.45, 7) is 2.33. The number of carbonyl (C=O) groups excluding carboxylic acids is 1. The van der Waals surface area contributed by atoms with Gasteiger partial charge in [-0.05, 0) is 61.8 Å². The van der Waals surface area contributed by atoms with E-state index in [2.05, 4.69) is 13.0 Å². The SMILES string of the molecule is CCC[SiH]1CCC([C@H]2CC[C@H](OC(=O)c3ccc(C#N)cc3)CC2)CC1. The van der Waals surface area contributed by atoms with E-state index in [-0.39, 0.29) is 20.9 Å². The van der Waals surface area contributed by atoms with Gasteiger partial charge in [-0.1, -0.05) is 44.3 Å². The van der Waals surface area contributed by atoms with Crippen LogP contribution in [0.5, 0.6) is 0 Å². The predicted octanol–water partition coefficient (Wildman–Crippen LogP) is 5.32. The van der Waals surface area contributed by atoms with E-state index in [1.165, 1.54) is 32.1 Å². The van der Waals surface area contributed by atoms with Crippen LogP contribution >= 0.6 is 0 Å². The molecule has 0 spiro atoms. The van der Waals surface area contributed by atoms with Gasteiger partial charge in [0, 0.05) is 8.80 Å². The van der Waals surface area contributed by atoms with Crippen LogP contribution in [0.4, 0.5) is 0 Å². The van der Waals surface area contributed by atoms with Gasteiger partial charge in [-0.3, -0.25) is 0 Å². The zero-order chi connectivity index (χ0) is 18.4. The van der Waals surface area contributed by atoms with E-state index in [0.29, 0.717) is 11.1 Å². The number of benzene rings is 1. The van der Waals surface area contributed by atoms with Gasteiger partial charge in [-0.15, -0.1) is 0 Å². The number of esters is 1. The zero-order valence-electron chi connectivity index (χ0n) is 16.0. The molecule has 0 bridgehead atoms. The van der Waals surface area contributed by atoms with E-state index in [4.69, 9.17) is 10.00 Å². The van der Waals surface area contributed by atoms with Gasteiger partial charge in [0.1, 0.15) is 6.10 Å². The molecule has 0 unspecified atom stereocenters. The van der Waals surface area contributed by atoms with E-state index in [9.17, 15) is 4.79 Å². The van der Waals surface area contributed by atoms with Gasteiger partial charge in [-0.2, -0.15) is 5.26 Å². The van der Waals surface area contributed by atoms with Gasteiger partial charge < -0.3 is 4.74 Å². The van der Waals surface area contributed by atoms with Crippen molar-refractivity contribution in [2.75, 3.05) is 0 Å². The molecule has 2 fully saturated rings. The first-order valence-corrected chi connectivity index (χ1v) is 12.9. The fourth-order valence-corrected chi connectivity index (χ4v) is 8.42. The average Bonchev–Trinajstić information content (AvgIpc) is 2.69. The Morgan fingerprint density at radius 2 is 1.69 bits per heavy atom. The Balaban J connectivity index is 1.42. The predicted molar refractivity (Wildman–Crippen MR) is 107 cm³/mol. The fourth-order valence-electron chi connectivity index (χ4n) is 4.93. The quantitative estimate of drug-likeness (QED) is 0.521. The van der Waals surface area contributed by atoms with Crippen molar-refractivity contribution in [3.8, 4) is 6.07 Å². The standard InChI is InChI=1S/C22H31NO2Si/c1-2-13-26-14-11-19(12-15-26)18-7-9-21(10-8-18)25-22(24)20-5-3-17(16-23)4-6-20/h3-6,18-19,21,26H,2,7-15H2,1H3/t18-,19?,21-,26?. The van der Waals surface area contributed by atoms with Crippen molar-refractivity contribution in [3.63, 3.8) is 0 Å². The lowest BCUT2D eigenvalue weighted by Crippen LogP contribution is -2.31. The van der Waals surface area contributed by atoms with Gasteiger partial charge in [-0.25, -0.2) is 4.79 Å². The Labute approximate surface area is 159 Å². The number of ether oxygens (including phenoxy) is 1. The minimum absolute atomic E-state index is 0.0696. The molecule has 1 aromatic carbocycles. The largest absolute Gasteiger partial charge is 0.459 e. The minimum Gasteiger partial charge on any atom is -0.459 e. The average molecular weight is 370 g/mol. The van der Waals surface area contributed by atoms with Crippen molar-refractivity contribution in [2.24, 2.45) is 11.8 Å². The third kappa shape index (κ3) is 4.98. The molecule has 0 N–H and O–H groups in total. The molecule has 4 heteroatoms. The van der Waals surface area contributed by atoms with Gasteiger partial charge in [0.25, 0.3) is 0 Å². The van der Waals surface area contributed by atoms with Crippen molar-refractivity contribution in [1.82, 2.24) is 0 Å². The summed E-state index contributed by atoms with van der Waals surface area (Å²) >= 11 is 0. The number of hydrogen-bond donors (Lipinski definition) is 0. The molecular weight excluding hydrogens is 338 g/mol.